The van der Waals surface area contributed by atoms with Gasteiger partial charge >= 0.3 is 17.9 Å². The number of rotatable bonds is 54. The van der Waals surface area contributed by atoms with Crippen LogP contribution in [0, 0.1) is 0 Å². The number of carbonyl (C=O) groups excluding carboxylic acids is 3. The van der Waals surface area contributed by atoms with Crippen LogP contribution < -0.4 is 0 Å². The van der Waals surface area contributed by atoms with Crippen LogP contribution in [0.1, 0.15) is 290 Å². The van der Waals surface area contributed by atoms with Crippen molar-refractivity contribution in [2.24, 2.45) is 0 Å². The van der Waals surface area contributed by atoms with Gasteiger partial charge in [-0.15, -0.1) is 0 Å². The van der Waals surface area contributed by atoms with E-state index in [0.29, 0.717) is 19.3 Å². The molecule has 0 aliphatic heterocycles. The molecule has 0 amide bonds. The quantitative estimate of drug-likeness (QED) is 0.0261. The highest BCUT2D eigenvalue weighted by Crippen LogP contribution is 2.15. The first-order valence-corrected chi connectivity index (χ1v) is 30.1. The summed E-state index contributed by atoms with van der Waals surface area (Å²) in [5.74, 6) is -0.896. The zero-order valence-electron chi connectivity index (χ0n) is 46.7. The predicted octanol–water partition coefficient (Wildman–Crippen LogP) is 20.3. The van der Waals surface area contributed by atoms with Crippen LogP contribution >= 0.6 is 0 Å². The molecule has 0 aliphatic rings. The summed E-state index contributed by atoms with van der Waals surface area (Å²) in [5.41, 5.74) is 0. The second-order valence-corrected chi connectivity index (χ2v) is 19.9. The number of hydrogen-bond acceptors (Lipinski definition) is 6. The largest absolute Gasteiger partial charge is 0.462 e. The Morgan fingerprint density at radius 1 is 0.296 bits per heavy atom. The number of unbranched alkanes of at least 4 members (excludes halogenated alkanes) is 29. The second kappa shape index (κ2) is 59.2. The van der Waals surface area contributed by atoms with Gasteiger partial charge in [-0.2, -0.15) is 0 Å². The number of allylic oxidation sites excluding steroid dienone is 14. The molecule has 1 atom stereocenters. The molecule has 0 saturated carbocycles. The standard InChI is InChI=1S/C65H112O6/c1-4-7-10-13-16-19-22-24-26-28-30-32-34-36-38-40-43-46-49-52-55-58-64(67)70-61-62(60-69-63(66)57-54-51-48-45-42-21-18-15-12-9-6-3)71-65(68)59-56-53-50-47-44-41-39-37-35-33-31-29-27-25-23-20-17-14-11-8-5-2/h7,10,16,19,23-26,29-32,35,37,62H,4-6,8-9,11-15,17-18,20-22,27-28,33-34,36,38-61H2,1-3H3/b10-7-,19-16-,25-23-,26-24-,31-29-,32-30-,37-35-. The zero-order valence-corrected chi connectivity index (χ0v) is 46.7. The molecule has 71 heavy (non-hydrogen) atoms. The minimum absolute atomic E-state index is 0.0826. The van der Waals surface area contributed by atoms with E-state index in [0.717, 1.165) is 116 Å². The normalized spacial score (nSPS) is 12.7. The molecule has 6 nitrogen and oxygen atoms in total. The van der Waals surface area contributed by atoms with Crippen molar-refractivity contribution in [1.29, 1.82) is 0 Å². The van der Waals surface area contributed by atoms with E-state index < -0.39 is 6.10 Å². The molecular weight excluding hydrogens is 877 g/mol. The molecule has 0 radical (unpaired) electrons. The van der Waals surface area contributed by atoms with E-state index in [-0.39, 0.29) is 31.1 Å². The van der Waals surface area contributed by atoms with E-state index in [2.05, 4.69) is 106 Å². The Kier molecular flexibility index (Phi) is 56.3. The van der Waals surface area contributed by atoms with Gasteiger partial charge in [-0.25, -0.2) is 0 Å². The summed E-state index contributed by atoms with van der Waals surface area (Å²) in [6, 6.07) is 0. The molecule has 0 N–H and O–H groups in total. The van der Waals surface area contributed by atoms with Gasteiger partial charge in [-0.05, 0) is 96.3 Å². The van der Waals surface area contributed by atoms with Crippen molar-refractivity contribution < 1.29 is 28.6 Å². The Morgan fingerprint density at radius 3 is 0.859 bits per heavy atom. The molecule has 0 spiro atoms. The van der Waals surface area contributed by atoms with E-state index in [1.54, 1.807) is 0 Å². The van der Waals surface area contributed by atoms with E-state index in [9.17, 15) is 14.4 Å². The molecule has 0 fully saturated rings. The first-order chi connectivity index (χ1) is 35.0. The molecule has 0 heterocycles. The van der Waals surface area contributed by atoms with Gasteiger partial charge in [0.05, 0.1) is 0 Å². The van der Waals surface area contributed by atoms with Crippen LogP contribution in [0.25, 0.3) is 0 Å². The van der Waals surface area contributed by atoms with E-state index >= 15 is 0 Å². The van der Waals surface area contributed by atoms with Gasteiger partial charge in [0.25, 0.3) is 0 Å². The second-order valence-electron chi connectivity index (χ2n) is 19.9. The fourth-order valence-electron chi connectivity index (χ4n) is 8.38. The first kappa shape index (κ1) is 67.6. The maximum absolute atomic E-state index is 12.9. The summed E-state index contributed by atoms with van der Waals surface area (Å²) in [4.78, 5) is 38.2. The van der Waals surface area contributed by atoms with Crippen LogP contribution in [0.15, 0.2) is 85.1 Å². The van der Waals surface area contributed by atoms with Gasteiger partial charge in [-0.3, -0.25) is 14.4 Å². The lowest BCUT2D eigenvalue weighted by Crippen LogP contribution is -2.30. The third-order valence-corrected chi connectivity index (χ3v) is 12.9. The molecule has 0 aromatic rings. The summed E-state index contributed by atoms with van der Waals surface area (Å²) in [6.07, 6.45) is 77.2. The molecule has 0 rings (SSSR count). The lowest BCUT2D eigenvalue weighted by atomic mass is 10.1. The third-order valence-electron chi connectivity index (χ3n) is 12.9. The maximum Gasteiger partial charge on any atom is 0.306 e. The van der Waals surface area contributed by atoms with E-state index in [4.69, 9.17) is 14.2 Å². The number of carbonyl (C=O) groups is 3. The van der Waals surface area contributed by atoms with Gasteiger partial charge < -0.3 is 14.2 Å². The minimum Gasteiger partial charge on any atom is -0.462 e. The van der Waals surface area contributed by atoms with Gasteiger partial charge in [0.15, 0.2) is 6.10 Å². The molecule has 6 heteroatoms. The number of hydrogen-bond donors (Lipinski definition) is 0. The summed E-state index contributed by atoms with van der Waals surface area (Å²) >= 11 is 0. The summed E-state index contributed by atoms with van der Waals surface area (Å²) in [5, 5.41) is 0. The average molecular weight is 990 g/mol. The fraction of sp³-hybridized carbons (Fsp3) is 0.738. The van der Waals surface area contributed by atoms with Crippen LogP contribution in [0.4, 0.5) is 0 Å². The molecule has 408 valence electrons. The minimum atomic E-state index is -0.786. The molecule has 1 unspecified atom stereocenters. The van der Waals surface area contributed by atoms with Crippen LogP contribution in [-0.2, 0) is 28.6 Å². The zero-order chi connectivity index (χ0) is 51.4. The highest BCUT2D eigenvalue weighted by Gasteiger charge is 2.19. The Labute approximate surface area is 439 Å². The molecule has 0 saturated heterocycles. The van der Waals surface area contributed by atoms with Crippen molar-refractivity contribution in [3.8, 4) is 0 Å². The molecular formula is C65H112O6. The molecule has 0 aromatic carbocycles. The molecule has 0 aliphatic carbocycles. The lowest BCUT2D eigenvalue weighted by Gasteiger charge is -2.18. The predicted molar refractivity (Wildman–Crippen MR) is 307 cm³/mol. The SMILES string of the molecule is CC/C=C\C/C=C\C/C=C\C/C=C\CCCCCCCCCCC(=O)OCC(COC(=O)CCCCCCCCCCCCC)OC(=O)CCCCCCCC/C=C\C/C=C\C/C=C\CCCCCCC. The number of ether oxygens (including phenoxy) is 3. The van der Waals surface area contributed by atoms with Gasteiger partial charge in [0, 0.05) is 19.3 Å². The van der Waals surface area contributed by atoms with Crippen LogP contribution in [0.3, 0.4) is 0 Å². The molecule has 0 aromatic heterocycles. The topological polar surface area (TPSA) is 78.9 Å². The lowest BCUT2D eigenvalue weighted by molar-refractivity contribution is -0.167. The van der Waals surface area contributed by atoms with Crippen LogP contribution in [0.2, 0.25) is 0 Å². The fourth-order valence-corrected chi connectivity index (χ4v) is 8.38. The third kappa shape index (κ3) is 57.4. The first-order valence-electron chi connectivity index (χ1n) is 30.1. The Balaban J connectivity index is 4.36. The van der Waals surface area contributed by atoms with Crippen molar-refractivity contribution in [2.45, 2.75) is 297 Å². The van der Waals surface area contributed by atoms with Crippen molar-refractivity contribution in [3.05, 3.63) is 85.1 Å². The monoisotopic (exact) mass is 989 g/mol. The summed E-state index contributed by atoms with van der Waals surface area (Å²) in [7, 11) is 0. The smallest absolute Gasteiger partial charge is 0.306 e. The Bertz CT molecular complexity index is 1370. The van der Waals surface area contributed by atoms with Crippen molar-refractivity contribution in [1.82, 2.24) is 0 Å². The van der Waals surface area contributed by atoms with Crippen molar-refractivity contribution in [3.63, 3.8) is 0 Å². The van der Waals surface area contributed by atoms with Gasteiger partial charge in [0.1, 0.15) is 13.2 Å². The Hall–Kier alpha value is -3.41. The van der Waals surface area contributed by atoms with Crippen molar-refractivity contribution in [2.75, 3.05) is 13.2 Å². The summed E-state index contributed by atoms with van der Waals surface area (Å²) < 4.78 is 16.9. The van der Waals surface area contributed by atoms with Crippen LogP contribution in [0.5, 0.6) is 0 Å². The van der Waals surface area contributed by atoms with Crippen molar-refractivity contribution >= 4 is 17.9 Å². The van der Waals surface area contributed by atoms with Gasteiger partial charge in [0.2, 0.25) is 0 Å². The average Bonchev–Trinajstić information content (AvgIpc) is 3.37. The van der Waals surface area contributed by atoms with Gasteiger partial charge in [-0.1, -0.05) is 260 Å². The molecule has 0 bridgehead atoms. The maximum atomic E-state index is 12.9. The highest BCUT2D eigenvalue weighted by molar-refractivity contribution is 5.71. The Morgan fingerprint density at radius 2 is 0.549 bits per heavy atom. The highest BCUT2D eigenvalue weighted by atomic mass is 16.6. The number of esters is 3. The van der Waals surface area contributed by atoms with Crippen LogP contribution in [-0.4, -0.2) is 37.2 Å². The van der Waals surface area contributed by atoms with E-state index in [1.165, 1.54) is 135 Å². The van der Waals surface area contributed by atoms with E-state index in [1.807, 2.05) is 0 Å². The summed E-state index contributed by atoms with van der Waals surface area (Å²) in [6.45, 7) is 6.51.